The maximum atomic E-state index is 13.0. The van der Waals surface area contributed by atoms with Gasteiger partial charge in [0.25, 0.3) is 11.2 Å². The largest absolute Gasteiger partial charge is 0.503 e. The molecular formula is C21H28N4O2S. The van der Waals surface area contributed by atoms with E-state index in [9.17, 15) is 9.90 Å². The molecule has 0 aromatic carbocycles. The van der Waals surface area contributed by atoms with Crippen LogP contribution in [0, 0.1) is 6.57 Å². The Bertz CT molecular complexity index is 1010. The van der Waals surface area contributed by atoms with Crippen molar-refractivity contribution in [3.05, 3.63) is 43.3 Å². The average Bonchev–Trinajstić information content (AvgIpc) is 3.14. The van der Waals surface area contributed by atoms with E-state index in [2.05, 4.69) is 42.1 Å². The number of rotatable bonds is 9. The Morgan fingerprint density at radius 1 is 1.32 bits per heavy atom. The third-order valence-electron chi connectivity index (χ3n) is 4.73. The van der Waals surface area contributed by atoms with Crippen molar-refractivity contribution < 1.29 is 5.11 Å². The molecule has 2 rings (SSSR count). The van der Waals surface area contributed by atoms with Crippen LogP contribution in [0.15, 0.2) is 11.0 Å². The fraction of sp³-hybridized carbons (Fsp3) is 0.476. The van der Waals surface area contributed by atoms with Crippen LogP contribution in [-0.4, -0.2) is 27.7 Å². The number of aromatic nitrogens is 2. The highest BCUT2D eigenvalue weighted by Gasteiger charge is 2.14. The van der Waals surface area contributed by atoms with Crippen molar-refractivity contribution in [3.8, 4) is 5.88 Å². The lowest BCUT2D eigenvalue weighted by atomic mass is 10.2. The van der Waals surface area contributed by atoms with Gasteiger partial charge in [-0.25, -0.2) is 9.83 Å². The fourth-order valence-electron chi connectivity index (χ4n) is 3.06. The zero-order valence-corrected chi connectivity index (χ0v) is 17.7. The molecule has 28 heavy (non-hydrogen) atoms. The summed E-state index contributed by atoms with van der Waals surface area (Å²) in [7, 11) is 0. The third kappa shape index (κ3) is 4.63. The van der Waals surface area contributed by atoms with Gasteiger partial charge in [-0.3, -0.25) is 9.36 Å². The molecule has 0 aliphatic heterocycles. The highest BCUT2D eigenvalue weighted by Crippen LogP contribution is 2.23. The minimum Gasteiger partial charge on any atom is -0.503 e. The van der Waals surface area contributed by atoms with Crippen LogP contribution >= 0.6 is 11.3 Å². The van der Waals surface area contributed by atoms with Gasteiger partial charge in [0.15, 0.2) is 11.0 Å². The van der Waals surface area contributed by atoms with Crippen LogP contribution in [0.4, 0.5) is 10.8 Å². The first-order valence-electron chi connectivity index (χ1n) is 9.73. The van der Waals surface area contributed by atoms with E-state index in [4.69, 9.17) is 6.57 Å². The molecule has 0 saturated carbocycles. The fourth-order valence-corrected chi connectivity index (χ4v) is 4.04. The molecule has 0 unspecified atom stereocenters. The van der Waals surface area contributed by atoms with E-state index in [0.717, 1.165) is 48.8 Å². The predicted molar refractivity (Wildman–Crippen MR) is 117 cm³/mol. The number of nitrogens with zero attached hydrogens (tertiary/aromatic N) is 4. The predicted octanol–water partition coefficient (Wildman–Crippen LogP) is 3.23. The van der Waals surface area contributed by atoms with Gasteiger partial charge in [-0.2, -0.15) is 0 Å². The van der Waals surface area contributed by atoms with E-state index in [1.165, 1.54) is 15.9 Å². The molecule has 1 N–H and O–H groups in total. The molecule has 150 valence electrons. The Morgan fingerprint density at radius 2 is 2.04 bits per heavy atom. The number of pyridine rings is 1. The number of hydrogen-bond acceptors (Lipinski definition) is 5. The van der Waals surface area contributed by atoms with Crippen molar-refractivity contribution in [1.82, 2.24) is 9.55 Å². The van der Waals surface area contributed by atoms with Crippen LogP contribution in [-0.2, 0) is 6.54 Å². The molecule has 2 heterocycles. The lowest BCUT2D eigenvalue weighted by Crippen LogP contribution is -2.44. The summed E-state index contributed by atoms with van der Waals surface area (Å²) in [6.07, 6.45) is 7.38. The Balaban J connectivity index is 2.55. The summed E-state index contributed by atoms with van der Waals surface area (Å²) < 4.78 is 1.30. The van der Waals surface area contributed by atoms with Crippen LogP contribution in [0.2, 0.25) is 0 Å². The van der Waals surface area contributed by atoms with Crippen LogP contribution in [0.5, 0.6) is 5.88 Å². The topological polar surface area (TPSA) is 62.7 Å². The number of thiazole rings is 1. The first-order chi connectivity index (χ1) is 13.5. The zero-order valence-electron chi connectivity index (χ0n) is 16.9. The quantitative estimate of drug-likeness (QED) is 0.519. The molecule has 0 spiro atoms. The average molecular weight is 401 g/mol. The molecule has 0 fully saturated rings. The smallest absolute Gasteiger partial charge is 0.258 e. The standard InChI is InChI=1S/C21H28N4O2S/c1-6-9-10-11-12-25-19(26)17(15(4)18(22-5)20(25)27)13-16-14-23-21(28-16)24(7-2)8-3/h13-14,27H,4,6-12H2,1-3H3. The third-order valence-corrected chi connectivity index (χ3v) is 5.74. The second-order valence-corrected chi connectivity index (χ2v) is 7.60. The zero-order chi connectivity index (χ0) is 20.7. The molecule has 0 atom stereocenters. The van der Waals surface area contributed by atoms with Gasteiger partial charge < -0.3 is 10.0 Å². The SMILES string of the molecule is [C-]#[N+]c1c(O)n(CCCCCC)c(=O)c(=Cc2cnc(N(CC)CC)s2)c1=C. The van der Waals surface area contributed by atoms with Gasteiger partial charge in [0, 0.05) is 35.9 Å². The highest BCUT2D eigenvalue weighted by molar-refractivity contribution is 7.16. The first kappa shape index (κ1) is 21.7. The molecule has 0 radical (unpaired) electrons. The van der Waals surface area contributed by atoms with Gasteiger partial charge in [-0.15, -0.1) is 6.58 Å². The van der Waals surface area contributed by atoms with Crippen LogP contribution in [0.1, 0.15) is 51.3 Å². The van der Waals surface area contributed by atoms with E-state index in [-0.39, 0.29) is 22.3 Å². The highest BCUT2D eigenvalue weighted by atomic mass is 32.1. The Morgan fingerprint density at radius 3 is 2.64 bits per heavy atom. The number of aromatic hydroxyl groups is 1. The molecule has 0 amide bonds. The summed E-state index contributed by atoms with van der Waals surface area (Å²) in [5, 5.41) is 11.9. The Kier molecular flexibility index (Phi) is 7.82. The second-order valence-electron chi connectivity index (χ2n) is 6.56. The van der Waals surface area contributed by atoms with Crippen molar-refractivity contribution in [2.24, 2.45) is 0 Å². The molecule has 6 nitrogen and oxygen atoms in total. The number of unbranched alkanes of at least 4 members (excludes halogenated alkanes) is 3. The molecule has 0 aliphatic carbocycles. The molecule has 0 bridgehead atoms. The molecule has 0 saturated heterocycles. The summed E-state index contributed by atoms with van der Waals surface area (Å²) in [5.74, 6) is -0.285. The van der Waals surface area contributed by atoms with Crippen molar-refractivity contribution in [1.29, 1.82) is 0 Å². The summed E-state index contributed by atoms with van der Waals surface area (Å²) in [4.78, 5) is 23.8. The minimum absolute atomic E-state index is 0.0369. The maximum absolute atomic E-state index is 13.0. The van der Waals surface area contributed by atoms with Gasteiger partial charge in [0.1, 0.15) is 0 Å². The van der Waals surface area contributed by atoms with E-state index in [1.807, 2.05) is 0 Å². The van der Waals surface area contributed by atoms with E-state index >= 15 is 0 Å². The van der Waals surface area contributed by atoms with Crippen LogP contribution < -0.4 is 20.9 Å². The van der Waals surface area contributed by atoms with Gasteiger partial charge >= 0.3 is 0 Å². The maximum Gasteiger partial charge on any atom is 0.258 e. The van der Waals surface area contributed by atoms with Gasteiger partial charge in [-0.1, -0.05) is 37.5 Å². The van der Waals surface area contributed by atoms with E-state index in [0.29, 0.717) is 11.8 Å². The van der Waals surface area contributed by atoms with Crippen molar-refractivity contribution in [3.63, 3.8) is 0 Å². The summed E-state index contributed by atoms with van der Waals surface area (Å²) >= 11 is 1.49. The molecule has 7 heteroatoms. The first-order valence-corrected chi connectivity index (χ1v) is 10.5. The van der Waals surface area contributed by atoms with E-state index in [1.54, 1.807) is 12.3 Å². The summed E-state index contributed by atoms with van der Waals surface area (Å²) in [5.41, 5.74) is -0.279. The van der Waals surface area contributed by atoms with Crippen LogP contribution in [0.3, 0.4) is 0 Å². The van der Waals surface area contributed by atoms with Gasteiger partial charge in [0.05, 0.1) is 6.57 Å². The normalized spacial score (nSPS) is 11.6. The van der Waals surface area contributed by atoms with Gasteiger partial charge in [-0.05, 0) is 31.6 Å². The van der Waals surface area contributed by atoms with E-state index < -0.39 is 0 Å². The van der Waals surface area contributed by atoms with Crippen molar-refractivity contribution >= 4 is 34.8 Å². The molecule has 0 aliphatic rings. The minimum atomic E-state index is -0.316. The second kappa shape index (κ2) is 10.1. The lowest BCUT2D eigenvalue weighted by Gasteiger charge is -2.16. The molecule has 2 aromatic heterocycles. The van der Waals surface area contributed by atoms with Gasteiger partial charge in [0.2, 0.25) is 0 Å². The Hall–Kier alpha value is -2.59. The lowest BCUT2D eigenvalue weighted by molar-refractivity contribution is 0.401. The van der Waals surface area contributed by atoms with Crippen molar-refractivity contribution in [2.75, 3.05) is 18.0 Å². The summed E-state index contributed by atoms with van der Waals surface area (Å²) in [6.45, 7) is 19.7. The van der Waals surface area contributed by atoms with Crippen LogP contribution in [0.25, 0.3) is 17.5 Å². The molecule has 2 aromatic rings. The summed E-state index contributed by atoms with van der Waals surface area (Å²) in [6, 6.07) is 0. The number of anilines is 1. The molecular weight excluding hydrogens is 372 g/mol. The van der Waals surface area contributed by atoms with Crippen molar-refractivity contribution in [2.45, 2.75) is 53.0 Å². The monoisotopic (exact) mass is 400 g/mol. The Labute approximate surface area is 169 Å². The number of hydrogen-bond donors (Lipinski definition) is 1.